The first-order valence-corrected chi connectivity index (χ1v) is 18.7. The van der Waals surface area contributed by atoms with E-state index >= 15 is 0 Å². The maximum absolute atomic E-state index is 13.0. The van der Waals surface area contributed by atoms with Gasteiger partial charge in [0.05, 0.1) is 11.0 Å². The predicted molar refractivity (Wildman–Crippen MR) is 140 cm³/mol. The third kappa shape index (κ3) is 5.49. The van der Waals surface area contributed by atoms with Gasteiger partial charge in [-0.15, -0.1) is 0 Å². The van der Waals surface area contributed by atoms with Crippen LogP contribution >= 0.6 is 0 Å². The first-order chi connectivity index (χ1) is 14.7. The van der Waals surface area contributed by atoms with Gasteiger partial charge in [-0.3, -0.25) is 9.13 Å². The van der Waals surface area contributed by atoms with Crippen LogP contribution in [0.2, 0.25) is 43.8 Å². The number of aromatic nitrogens is 2. The van der Waals surface area contributed by atoms with E-state index in [1.54, 1.807) is 4.57 Å². The zero-order valence-corrected chi connectivity index (χ0v) is 23.7. The Balaban J connectivity index is 1.69. The van der Waals surface area contributed by atoms with E-state index in [0.29, 0.717) is 18.6 Å². The highest BCUT2D eigenvalue weighted by Gasteiger charge is 2.39. The Bertz CT molecular complexity index is 989. The molecule has 7 heteroatoms. The molecule has 3 rings (SSSR count). The van der Waals surface area contributed by atoms with E-state index in [-0.39, 0.29) is 10.7 Å². The van der Waals surface area contributed by atoms with E-state index in [2.05, 4.69) is 71.7 Å². The van der Waals surface area contributed by atoms with Crippen molar-refractivity contribution in [2.75, 3.05) is 13.2 Å². The van der Waals surface area contributed by atoms with Gasteiger partial charge in [0.2, 0.25) is 0 Å². The fourth-order valence-corrected chi connectivity index (χ4v) is 6.01. The monoisotopic (exact) mass is 476 g/mol. The van der Waals surface area contributed by atoms with Gasteiger partial charge in [-0.2, -0.15) is 0 Å². The lowest BCUT2D eigenvalue weighted by Gasteiger charge is -2.41. The molecular weight excluding hydrogens is 432 g/mol. The summed E-state index contributed by atoms with van der Waals surface area (Å²) in [5.74, 6) is 1.12. The van der Waals surface area contributed by atoms with E-state index < -0.39 is 16.4 Å². The van der Waals surface area contributed by atoms with Gasteiger partial charge in [-0.25, -0.2) is 4.79 Å². The average molecular weight is 477 g/mol. The van der Waals surface area contributed by atoms with Crippen LogP contribution in [0.5, 0.6) is 0 Å². The van der Waals surface area contributed by atoms with Gasteiger partial charge >= 0.3 is 5.69 Å². The molecule has 1 saturated carbocycles. The standard InChI is InChI=1S/C25H44N2O3Si2/c1-25(2,3)32(8,9)30-17-19-15-20(16-19)21-11-10-12-22-23(21)26(4)24(28)27(22)18-29-13-14-31(5,6)7/h10-12,19-20H,13-18H2,1-9H3/t19-,20-. The molecule has 0 saturated heterocycles. The quantitative estimate of drug-likeness (QED) is 0.321. The van der Waals surface area contributed by atoms with Gasteiger partial charge in [-0.1, -0.05) is 52.5 Å². The van der Waals surface area contributed by atoms with Crippen molar-refractivity contribution in [2.45, 2.75) is 90.1 Å². The topological polar surface area (TPSA) is 45.4 Å². The number of aryl methyl sites for hydroxylation is 1. The first kappa shape index (κ1) is 25.5. The van der Waals surface area contributed by atoms with Gasteiger partial charge in [0, 0.05) is 28.3 Å². The number of rotatable bonds is 9. The van der Waals surface area contributed by atoms with Crippen molar-refractivity contribution in [1.29, 1.82) is 0 Å². The highest BCUT2D eigenvalue weighted by atomic mass is 28.4. The van der Waals surface area contributed by atoms with Crippen LogP contribution < -0.4 is 5.69 Å². The molecule has 1 fully saturated rings. The second kappa shape index (κ2) is 9.24. The summed E-state index contributed by atoms with van der Waals surface area (Å²) in [6.07, 6.45) is 2.28. The first-order valence-electron chi connectivity index (χ1n) is 12.1. The van der Waals surface area contributed by atoms with Crippen LogP contribution in [0.3, 0.4) is 0 Å². The summed E-state index contributed by atoms with van der Waals surface area (Å²) in [5, 5.41) is 0.250. The molecule has 0 bridgehead atoms. The van der Waals surface area contributed by atoms with E-state index in [4.69, 9.17) is 9.16 Å². The molecular formula is C25H44N2O3Si2. The second-order valence-electron chi connectivity index (χ2n) is 12.4. The molecule has 0 unspecified atom stereocenters. The summed E-state index contributed by atoms with van der Waals surface area (Å²) in [7, 11) is -0.944. The Morgan fingerprint density at radius 1 is 1.09 bits per heavy atom. The van der Waals surface area contributed by atoms with E-state index in [1.165, 1.54) is 5.56 Å². The average Bonchev–Trinajstić information content (AvgIpc) is 2.87. The second-order valence-corrected chi connectivity index (χ2v) is 22.9. The van der Waals surface area contributed by atoms with Crippen LogP contribution in [0, 0.1) is 5.92 Å². The third-order valence-corrected chi connectivity index (χ3v) is 13.8. The lowest BCUT2D eigenvalue weighted by molar-refractivity contribution is 0.0873. The number of hydrogen-bond donors (Lipinski definition) is 0. The molecule has 1 aliphatic rings. The minimum atomic E-state index is -1.70. The number of fused-ring (bicyclic) bond motifs is 1. The smallest absolute Gasteiger partial charge is 0.330 e. The Kier molecular flexibility index (Phi) is 7.35. The van der Waals surface area contributed by atoms with Crippen molar-refractivity contribution in [2.24, 2.45) is 13.0 Å². The van der Waals surface area contributed by atoms with Gasteiger partial charge in [0.1, 0.15) is 6.73 Å². The molecule has 1 aliphatic carbocycles. The fourth-order valence-electron chi connectivity index (χ4n) is 4.17. The minimum Gasteiger partial charge on any atom is -0.417 e. The molecule has 1 heterocycles. The summed E-state index contributed by atoms with van der Waals surface area (Å²) in [6.45, 7) is 20.5. The van der Waals surface area contributed by atoms with E-state index in [0.717, 1.165) is 43.1 Å². The molecule has 1 aromatic heterocycles. The fraction of sp³-hybridized carbons (Fsp3) is 0.720. The van der Waals surface area contributed by atoms with Crippen LogP contribution in [0.15, 0.2) is 23.0 Å². The van der Waals surface area contributed by atoms with Gasteiger partial charge in [0.25, 0.3) is 0 Å². The Hall–Kier alpha value is -1.16. The maximum atomic E-state index is 13.0. The highest BCUT2D eigenvalue weighted by molar-refractivity contribution is 6.76. The van der Waals surface area contributed by atoms with Crippen molar-refractivity contribution < 1.29 is 9.16 Å². The lowest BCUT2D eigenvalue weighted by Crippen LogP contribution is -2.43. The molecule has 180 valence electrons. The van der Waals surface area contributed by atoms with Gasteiger partial charge < -0.3 is 9.16 Å². The highest BCUT2D eigenvalue weighted by Crippen LogP contribution is 2.45. The molecule has 0 amide bonds. The summed E-state index contributed by atoms with van der Waals surface area (Å²) in [5.41, 5.74) is 3.37. The van der Waals surface area contributed by atoms with Crippen LogP contribution in [0.25, 0.3) is 11.0 Å². The zero-order valence-electron chi connectivity index (χ0n) is 21.7. The van der Waals surface area contributed by atoms with Crippen molar-refractivity contribution in [3.63, 3.8) is 0 Å². The number of hydrogen-bond acceptors (Lipinski definition) is 3. The summed E-state index contributed by atoms with van der Waals surface area (Å²) >= 11 is 0. The number of ether oxygens (including phenoxy) is 1. The molecule has 2 aromatic rings. The molecule has 0 N–H and O–H groups in total. The van der Waals surface area contributed by atoms with Crippen LogP contribution in [0.1, 0.15) is 45.1 Å². The van der Waals surface area contributed by atoms with E-state index in [9.17, 15) is 4.79 Å². The molecule has 32 heavy (non-hydrogen) atoms. The summed E-state index contributed by atoms with van der Waals surface area (Å²) in [6, 6.07) is 7.46. The van der Waals surface area contributed by atoms with Crippen molar-refractivity contribution >= 4 is 27.4 Å². The number of benzene rings is 1. The van der Waals surface area contributed by atoms with Gasteiger partial charge in [-0.05, 0) is 60.5 Å². The molecule has 0 radical (unpaired) electrons. The minimum absolute atomic E-state index is 0.0117. The lowest BCUT2D eigenvalue weighted by atomic mass is 9.71. The molecule has 0 spiro atoms. The van der Waals surface area contributed by atoms with Crippen molar-refractivity contribution in [3.8, 4) is 0 Å². The van der Waals surface area contributed by atoms with Crippen LogP contribution in [-0.4, -0.2) is 38.7 Å². The SMILES string of the molecule is Cn1c(=O)n(COCC[Si](C)(C)C)c2cccc([C@H]3C[C@H](CO[Si](C)(C)C(C)(C)C)C3)c21. The van der Waals surface area contributed by atoms with E-state index in [1.807, 2.05) is 11.6 Å². The Morgan fingerprint density at radius 2 is 1.75 bits per heavy atom. The largest absolute Gasteiger partial charge is 0.417 e. The molecule has 1 aromatic carbocycles. The maximum Gasteiger partial charge on any atom is 0.330 e. The summed E-state index contributed by atoms with van der Waals surface area (Å²) < 4.78 is 16.0. The number of nitrogens with zero attached hydrogens (tertiary/aromatic N) is 2. The number of imidazole rings is 1. The van der Waals surface area contributed by atoms with Crippen molar-refractivity contribution in [1.82, 2.24) is 9.13 Å². The molecule has 5 nitrogen and oxygen atoms in total. The normalized spacial score (nSPS) is 20.0. The van der Waals surface area contributed by atoms with Crippen LogP contribution in [-0.2, 0) is 22.9 Å². The molecule has 0 atom stereocenters. The third-order valence-electron chi connectivity index (χ3n) is 7.57. The molecule has 0 aliphatic heterocycles. The van der Waals surface area contributed by atoms with Gasteiger partial charge in [0.15, 0.2) is 8.32 Å². The van der Waals surface area contributed by atoms with Crippen LogP contribution in [0.4, 0.5) is 0 Å². The Labute approximate surface area is 196 Å². The summed E-state index contributed by atoms with van der Waals surface area (Å²) in [4.78, 5) is 13.0. The predicted octanol–water partition coefficient (Wildman–Crippen LogP) is 6.17. The van der Waals surface area contributed by atoms with Crippen molar-refractivity contribution in [3.05, 3.63) is 34.2 Å². The zero-order chi connectivity index (χ0) is 23.9. The Morgan fingerprint density at radius 3 is 2.34 bits per heavy atom. The number of para-hydroxylation sites is 1.